The molecule has 1 unspecified atom stereocenters. The fourth-order valence-electron chi connectivity index (χ4n) is 4.10. The van der Waals surface area contributed by atoms with E-state index in [-0.39, 0.29) is 35.8 Å². The largest absolute Gasteiger partial charge is 0.464 e. The molecule has 1 aliphatic rings. The normalized spacial score (nSPS) is 15.8. The van der Waals surface area contributed by atoms with Gasteiger partial charge >= 0.3 is 0 Å². The molecule has 1 aliphatic heterocycles. The molecule has 5 rings (SSSR count). The number of ketones is 1. The second-order valence-corrected chi connectivity index (χ2v) is 7.77. The van der Waals surface area contributed by atoms with Gasteiger partial charge < -0.3 is 4.42 Å². The molecule has 0 saturated heterocycles. The first-order chi connectivity index (χ1) is 15.6. The van der Waals surface area contributed by atoms with E-state index >= 15 is 0 Å². The number of rotatable bonds is 4. The van der Waals surface area contributed by atoms with Crippen molar-refractivity contribution in [2.45, 2.75) is 19.3 Å². The van der Waals surface area contributed by atoms with E-state index in [1.54, 1.807) is 37.3 Å². The van der Waals surface area contributed by atoms with Crippen LogP contribution in [-0.4, -0.2) is 29.0 Å². The van der Waals surface area contributed by atoms with Crippen molar-refractivity contribution in [1.82, 2.24) is 5.01 Å². The third kappa shape index (κ3) is 3.30. The predicted molar refractivity (Wildman–Crippen MR) is 123 cm³/mol. The molecule has 32 heavy (non-hydrogen) atoms. The Bertz CT molecular complexity index is 1470. The van der Waals surface area contributed by atoms with Crippen molar-refractivity contribution >= 4 is 39.1 Å². The highest BCUT2D eigenvalue weighted by molar-refractivity contribution is 6.48. The van der Waals surface area contributed by atoms with Crippen LogP contribution in [0.4, 0.5) is 0 Å². The third-order valence-electron chi connectivity index (χ3n) is 5.83. The zero-order valence-corrected chi connectivity index (χ0v) is 17.4. The lowest BCUT2D eigenvalue weighted by Crippen LogP contribution is -2.28. The Balaban J connectivity index is 1.61. The monoisotopic (exact) mass is 424 g/mol. The average molecular weight is 424 g/mol. The van der Waals surface area contributed by atoms with Gasteiger partial charge in [0.2, 0.25) is 11.7 Å². The van der Waals surface area contributed by atoms with E-state index in [4.69, 9.17) is 4.42 Å². The molecule has 2 heterocycles. The highest BCUT2D eigenvalue weighted by Gasteiger charge is 2.37. The van der Waals surface area contributed by atoms with E-state index in [0.717, 1.165) is 10.8 Å². The van der Waals surface area contributed by atoms with Crippen molar-refractivity contribution in [3.05, 3.63) is 94.3 Å². The van der Waals surface area contributed by atoms with Gasteiger partial charge in [0, 0.05) is 17.5 Å². The number of hydrazone groups is 1. The Kier molecular flexibility index (Phi) is 4.90. The summed E-state index contributed by atoms with van der Waals surface area (Å²) in [6, 6.07) is 20.2. The Hall–Kier alpha value is -4.06. The molecule has 1 atom stereocenters. The molecule has 0 radical (unpaired) electrons. The van der Waals surface area contributed by atoms with Crippen LogP contribution in [0.3, 0.4) is 0 Å². The highest BCUT2D eigenvalue weighted by atomic mass is 16.3. The molecule has 6 nitrogen and oxygen atoms in total. The lowest BCUT2D eigenvalue weighted by Gasteiger charge is -2.14. The predicted octanol–water partition coefficient (Wildman–Crippen LogP) is 4.52. The number of Topliss-reactive ketones (excluding diaryl/α,β-unsaturated/α-hetero) is 1. The van der Waals surface area contributed by atoms with Crippen LogP contribution in [0.2, 0.25) is 0 Å². The van der Waals surface area contributed by atoms with E-state index in [9.17, 15) is 14.4 Å². The number of hydrogen-bond donors (Lipinski definition) is 0. The van der Waals surface area contributed by atoms with E-state index in [2.05, 4.69) is 5.10 Å². The first-order valence-electron chi connectivity index (χ1n) is 10.5. The number of fused-ring (bicyclic) bond motifs is 2. The van der Waals surface area contributed by atoms with Crippen LogP contribution >= 0.6 is 0 Å². The third-order valence-corrected chi connectivity index (χ3v) is 5.83. The molecular formula is C26H20N2O4. The first kappa shape index (κ1) is 19.9. The van der Waals surface area contributed by atoms with Gasteiger partial charge in [-0.15, -0.1) is 0 Å². The maximum absolute atomic E-state index is 13.5. The van der Waals surface area contributed by atoms with E-state index in [0.29, 0.717) is 22.1 Å². The van der Waals surface area contributed by atoms with Crippen molar-refractivity contribution in [3.63, 3.8) is 0 Å². The Morgan fingerprint density at radius 3 is 2.59 bits per heavy atom. The van der Waals surface area contributed by atoms with Crippen LogP contribution in [-0.2, 0) is 4.79 Å². The molecule has 1 aromatic heterocycles. The molecule has 6 heteroatoms. The molecule has 0 fully saturated rings. The van der Waals surface area contributed by atoms with Crippen molar-refractivity contribution < 1.29 is 14.0 Å². The maximum atomic E-state index is 13.5. The summed E-state index contributed by atoms with van der Waals surface area (Å²) in [4.78, 5) is 39.1. The number of para-hydroxylation sites is 1. The van der Waals surface area contributed by atoms with E-state index in [1.165, 1.54) is 11.3 Å². The highest BCUT2D eigenvalue weighted by Crippen LogP contribution is 2.28. The summed E-state index contributed by atoms with van der Waals surface area (Å²) in [5, 5.41) is 8.03. The minimum absolute atomic E-state index is 0.129. The fraction of sp³-hybridized carbons (Fsp3) is 0.154. The van der Waals surface area contributed by atoms with Crippen LogP contribution in [0.1, 0.15) is 35.2 Å². The molecule has 0 N–H and O–H groups in total. The fourth-order valence-corrected chi connectivity index (χ4v) is 4.10. The Morgan fingerprint density at radius 1 is 1.03 bits per heavy atom. The van der Waals surface area contributed by atoms with Crippen LogP contribution < -0.4 is 5.43 Å². The van der Waals surface area contributed by atoms with Gasteiger partial charge in [0.1, 0.15) is 11.3 Å². The molecule has 4 aromatic rings. The molecular weight excluding hydrogens is 404 g/mol. The smallest absolute Gasteiger partial charge is 0.242 e. The molecule has 0 bridgehead atoms. The van der Waals surface area contributed by atoms with Crippen LogP contribution in [0.5, 0.6) is 0 Å². The molecule has 1 amide bonds. The number of amides is 1. The zero-order chi connectivity index (χ0) is 22.2. The van der Waals surface area contributed by atoms with Crippen molar-refractivity contribution in [3.8, 4) is 0 Å². The topological polar surface area (TPSA) is 80.0 Å². The quantitative estimate of drug-likeness (QED) is 0.451. The Labute approximate surface area is 183 Å². The number of hydrogen-bond acceptors (Lipinski definition) is 5. The molecule has 0 aliphatic carbocycles. The molecule has 0 saturated carbocycles. The Morgan fingerprint density at radius 2 is 1.78 bits per heavy atom. The van der Waals surface area contributed by atoms with Gasteiger partial charge in [0.15, 0.2) is 5.43 Å². The van der Waals surface area contributed by atoms with Crippen LogP contribution in [0.25, 0.3) is 21.7 Å². The number of benzene rings is 3. The summed E-state index contributed by atoms with van der Waals surface area (Å²) < 4.78 is 5.68. The average Bonchev–Trinajstić information content (AvgIpc) is 3.28. The summed E-state index contributed by atoms with van der Waals surface area (Å²) >= 11 is 0. The number of nitrogens with zero attached hydrogens (tertiary/aromatic N) is 2. The SMILES string of the molecule is CCC(=O)N1CC(c2coc3ccccc3c2=O)C(C(=O)c2ccc3ccccc3c2)=N1. The number of carbonyl (C=O) groups is 2. The van der Waals surface area contributed by atoms with E-state index < -0.39 is 5.92 Å². The summed E-state index contributed by atoms with van der Waals surface area (Å²) in [7, 11) is 0. The summed E-state index contributed by atoms with van der Waals surface area (Å²) in [6.45, 7) is 1.87. The zero-order valence-electron chi connectivity index (χ0n) is 17.4. The van der Waals surface area contributed by atoms with Crippen LogP contribution in [0, 0.1) is 0 Å². The molecule has 0 spiro atoms. The second-order valence-electron chi connectivity index (χ2n) is 7.77. The molecule has 3 aromatic carbocycles. The minimum atomic E-state index is -0.662. The van der Waals surface area contributed by atoms with Crippen molar-refractivity contribution in [1.29, 1.82) is 0 Å². The van der Waals surface area contributed by atoms with Crippen molar-refractivity contribution in [2.75, 3.05) is 6.54 Å². The van der Waals surface area contributed by atoms with Gasteiger partial charge in [0.25, 0.3) is 0 Å². The second kappa shape index (κ2) is 7.89. The van der Waals surface area contributed by atoms with Crippen molar-refractivity contribution in [2.24, 2.45) is 5.10 Å². The van der Waals surface area contributed by atoms with Gasteiger partial charge in [-0.05, 0) is 29.0 Å². The minimum Gasteiger partial charge on any atom is -0.464 e. The summed E-state index contributed by atoms with van der Waals surface area (Å²) in [5.41, 5.74) is 1.21. The van der Waals surface area contributed by atoms with E-state index in [1.807, 2.05) is 36.4 Å². The molecule has 158 valence electrons. The number of carbonyl (C=O) groups excluding carboxylic acids is 2. The lowest BCUT2D eigenvalue weighted by atomic mass is 9.90. The van der Waals surface area contributed by atoms with Gasteiger partial charge in [-0.1, -0.05) is 55.5 Å². The van der Waals surface area contributed by atoms with Gasteiger partial charge in [-0.2, -0.15) is 5.10 Å². The standard InChI is InChI=1S/C26H20N2O4/c1-2-23(29)28-14-20(21-15-32-22-10-6-5-9-19(22)26(21)31)24(27-28)25(30)18-12-11-16-7-3-4-8-17(16)13-18/h3-13,15,20H,2,14H2,1H3. The van der Waals surface area contributed by atoms with Crippen LogP contribution in [0.15, 0.2) is 87.3 Å². The first-order valence-corrected chi connectivity index (χ1v) is 10.5. The van der Waals surface area contributed by atoms with Gasteiger partial charge in [-0.3, -0.25) is 14.4 Å². The summed E-state index contributed by atoms with van der Waals surface area (Å²) in [6.07, 6.45) is 1.64. The van der Waals surface area contributed by atoms with Gasteiger partial charge in [0.05, 0.1) is 24.1 Å². The summed E-state index contributed by atoms with van der Waals surface area (Å²) in [5.74, 6) is -1.17. The lowest BCUT2D eigenvalue weighted by molar-refractivity contribution is -0.130. The van der Waals surface area contributed by atoms with Gasteiger partial charge in [-0.25, -0.2) is 5.01 Å². The maximum Gasteiger partial charge on any atom is 0.242 e.